The average molecular weight is 727 g/mol. The Morgan fingerprint density at radius 1 is 0.386 bits per heavy atom. The standard InChI is InChI=1S/C55H38N2/c1-55(2)49-34-52(57-50-21-11-9-17-44(50)45-18-10-12-22-51(45)57)46-19-7-8-20-47(46)53(49)48-29-25-39-33-42(28-30-43(39)54(48)55)56(40-26-23-35-13-3-5-15-37(35)31-40)41-27-24-36-14-4-6-16-38(36)32-41/h3-34H,1-2H3. The van der Waals surface area contributed by atoms with Crippen LogP contribution in [0.5, 0.6) is 0 Å². The predicted molar refractivity (Wildman–Crippen MR) is 243 cm³/mol. The molecule has 12 rings (SSSR count). The van der Waals surface area contributed by atoms with Gasteiger partial charge in [0.05, 0.1) is 16.7 Å². The molecule has 0 saturated heterocycles. The smallest absolute Gasteiger partial charge is 0.0544 e. The molecule has 0 N–H and O–H groups in total. The van der Waals surface area contributed by atoms with Crippen molar-refractivity contribution in [2.24, 2.45) is 0 Å². The van der Waals surface area contributed by atoms with Crippen molar-refractivity contribution >= 4 is 82.0 Å². The summed E-state index contributed by atoms with van der Waals surface area (Å²) < 4.78 is 2.49. The third-order valence-corrected chi connectivity index (χ3v) is 12.7. The molecule has 10 aromatic carbocycles. The van der Waals surface area contributed by atoms with Crippen molar-refractivity contribution in [1.29, 1.82) is 0 Å². The summed E-state index contributed by atoms with van der Waals surface area (Å²) in [5.74, 6) is 0. The van der Waals surface area contributed by atoms with Crippen molar-refractivity contribution in [3.05, 3.63) is 205 Å². The average Bonchev–Trinajstić information content (AvgIpc) is 3.71. The van der Waals surface area contributed by atoms with Crippen LogP contribution in [-0.4, -0.2) is 4.57 Å². The van der Waals surface area contributed by atoms with Crippen LogP contribution in [0.3, 0.4) is 0 Å². The first-order valence-corrected chi connectivity index (χ1v) is 19.9. The largest absolute Gasteiger partial charge is 0.310 e. The highest BCUT2D eigenvalue weighted by atomic mass is 15.1. The van der Waals surface area contributed by atoms with Crippen molar-refractivity contribution in [2.75, 3.05) is 4.90 Å². The van der Waals surface area contributed by atoms with Gasteiger partial charge >= 0.3 is 0 Å². The van der Waals surface area contributed by atoms with Crippen LogP contribution in [0.15, 0.2) is 194 Å². The molecule has 0 spiro atoms. The van der Waals surface area contributed by atoms with Gasteiger partial charge < -0.3 is 9.47 Å². The molecule has 1 heterocycles. The Morgan fingerprint density at radius 3 is 1.47 bits per heavy atom. The van der Waals surface area contributed by atoms with Crippen molar-refractivity contribution in [3.8, 4) is 16.8 Å². The van der Waals surface area contributed by atoms with Crippen LogP contribution in [-0.2, 0) is 5.41 Å². The second-order valence-corrected chi connectivity index (χ2v) is 16.2. The first-order chi connectivity index (χ1) is 28.0. The van der Waals surface area contributed by atoms with Gasteiger partial charge in [-0.1, -0.05) is 153 Å². The molecule has 1 aromatic heterocycles. The van der Waals surface area contributed by atoms with Gasteiger partial charge in [-0.05, 0) is 115 Å². The lowest BCUT2D eigenvalue weighted by atomic mass is 9.79. The number of anilines is 3. The van der Waals surface area contributed by atoms with E-state index in [1.54, 1.807) is 0 Å². The van der Waals surface area contributed by atoms with Crippen LogP contribution in [0.2, 0.25) is 0 Å². The first-order valence-electron chi connectivity index (χ1n) is 19.9. The second kappa shape index (κ2) is 11.9. The number of hydrogen-bond acceptors (Lipinski definition) is 1. The lowest BCUT2D eigenvalue weighted by Crippen LogP contribution is -2.16. The van der Waals surface area contributed by atoms with Gasteiger partial charge in [0.1, 0.15) is 0 Å². The quantitative estimate of drug-likeness (QED) is 0.175. The molecule has 11 aromatic rings. The summed E-state index contributed by atoms with van der Waals surface area (Å²) in [5, 5.41) is 12.6. The molecule has 1 aliphatic carbocycles. The number of benzene rings is 10. The second-order valence-electron chi connectivity index (χ2n) is 16.2. The van der Waals surface area contributed by atoms with E-state index < -0.39 is 0 Å². The van der Waals surface area contributed by atoms with Gasteiger partial charge in [-0.2, -0.15) is 0 Å². The fraction of sp³-hybridized carbons (Fsp3) is 0.0545. The van der Waals surface area contributed by atoms with Crippen molar-refractivity contribution in [2.45, 2.75) is 19.3 Å². The molecule has 57 heavy (non-hydrogen) atoms. The summed E-state index contributed by atoms with van der Waals surface area (Å²) in [7, 11) is 0. The SMILES string of the molecule is CC1(C)c2cc(-n3c4ccccc4c4ccccc43)c3ccccc3c2-c2ccc3cc(N(c4ccc5ccccc5c4)c4ccc5ccccc5c4)ccc3c21. The Labute approximate surface area is 331 Å². The number of rotatable bonds is 4. The Morgan fingerprint density at radius 2 is 0.860 bits per heavy atom. The Bertz CT molecular complexity index is 3320. The number of fused-ring (bicyclic) bond motifs is 12. The molecule has 0 aliphatic heterocycles. The minimum absolute atomic E-state index is 0.236. The minimum Gasteiger partial charge on any atom is -0.310 e. The zero-order valence-corrected chi connectivity index (χ0v) is 31.9. The molecule has 0 radical (unpaired) electrons. The topological polar surface area (TPSA) is 8.17 Å². The van der Waals surface area contributed by atoms with Gasteiger partial charge in [0.2, 0.25) is 0 Å². The van der Waals surface area contributed by atoms with E-state index in [9.17, 15) is 0 Å². The molecule has 2 nitrogen and oxygen atoms in total. The lowest BCUT2D eigenvalue weighted by molar-refractivity contribution is 0.666. The molecule has 0 unspecified atom stereocenters. The van der Waals surface area contributed by atoms with Gasteiger partial charge in [0, 0.05) is 38.6 Å². The fourth-order valence-electron chi connectivity index (χ4n) is 10.1. The number of aromatic nitrogens is 1. The number of nitrogens with zero attached hydrogens (tertiary/aromatic N) is 2. The number of para-hydroxylation sites is 2. The zero-order chi connectivity index (χ0) is 37.8. The van der Waals surface area contributed by atoms with E-state index in [0.717, 1.165) is 17.1 Å². The Hall–Kier alpha value is -7.16. The van der Waals surface area contributed by atoms with E-state index in [1.165, 1.54) is 92.8 Å². The van der Waals surface area contributed by atoms with Gasteiger partial charge in [0.15, 0.2) is 0 Å². The summed E-state index contributed by atoms with van der Waals surface area (Å²) in [4.78, 5) is 2.41. The van der Waals surface area contributed by atoms with Crippen LogP contribution in [0.25, 0.3) is 81.7 Å². The van der Waals surface area contributed by atoms with Crippen molar-refractivity contribution < 1.29 is 0 Å². The van der Waals surface area contributed by atoms with E-state index >= 15 is 0 Å². The molecular weight excluding hydrogens is 689 g/mol. The van der Waals surface area contributed by atoms with E-state index in [2.05, 4.69) is 217 Å². The molecule has 0 amide bonds. The third-order valence-electron chi connectivity index (χ3n) is 12.7. The van der Waals surface area contributed by atoms with Crippen LogP contribution in [0, 0.1) is 0 Å². The molecule has 1 aliphatic rings. The molecule has 2 heteroatoms. The van der Waals surface area contributed by atoms with Crippen LogP contribution < -0.4 is 4.90 Å². The summed E-state index contributed by atoms with van der Waals surface area (Å²) in [5.41, 5.74) is 12.3. The Balaban J connectivity index is 1.06. The molecular formula is C55H38N2. The predicted octanol–water partition coefficient (Wildman–Crippen LogP) is 15.2. The summed E-state index contributed by atoms with van der Waals surface area (Å²) >= 11 is 0. The zero-order valence-electron chi connectivity index (χ0n) is 31.9. The lowest BCUT2D eigenvalue weighted by Gasteiger charge is -2.28. The van der Waals surface area contributed by atoms with Gasteiger partial charge in [-0.15, -0.1) is 0 Å². The summed E-state index contributed by atoms with van der Waals surface area (Å²) in [6, 6.07) is 71.9. The van der Waals surface area contributed by atoms with Crippen LogP contribution in [0.1, 0.15) is 25.0 Å². The monoisotopic (exact) mass is 726 g/mol. The fourth-order valence-corrected chi connectivity index (χ4v) is 10.1. The Kier molecular flexibility index (Phi) is 6.72. The normalized spacial score (nSPS) is 13.2. The molecule has 268 valence electrons. The van der Waals surface area contributed by atoms with Crippen molar-refractivity contribution in [3.63, 3.8) is 0 Å². The van der Waals surface area contributed by atoms with Gasteiger partial charge in [-0.3, -0.25) is 0 Å². The summed E-state index contributed by atoms with van der Waals surface area (Å²) in [6.45, 7) is 4.85. The molecule has 0 saturated carbocycles. The first kappa shape index (κ1) is 32.1. The van der Waals surface area contributed by atoms with E-state index in [-0.39, 0.29) is 5.41 Å². The molecule has 0 bridgehead atoms. The molecule has 0 atom stereocenters. The minimum atomic E-state index is -0.236. The highest BCUT2D eigenvalue weighted by Crippen LogP contribution is 2.55. The maximum absolute atomic E-state index is 2.50. The van der Waals surface area contributed by atoms with E-state index in [0.29, 0.717) is 0 Å². The van der Waals surface area contributed by atoms with Crippen molar-refractivity contribution in [1.82, 2.24) is 4.57 Å². The summed E-state index contributed by atoms with van der Waals surface area (Å²) in [6.07, 6.45) is 0. The van der Waals surface area contributed by atoms with E-state index in [4.69, 9.17) is 0 Å². The maximum atomic E-state index is 2.50. The molecule has 0 fully saturated rings. The van der Waals surface area contributed by atoms with Crippen LogP contribution >= 0.6 is 0 Å². The van der Waals surface area contributed by atoms with E-state index in [1.807, 2.05) is 0 Å². The maximum Gasteiger partial charge on any atom is 0.0544 e. The van der Waals surface area contributed by atoms with Gasteiger partial charge in [-0.25, -0.2) is 0 Å². The van der Waals surface area contributed by atoms with Gasteiger partial charge in [0.25, 0.3) is 0 Å². The highest BCUT2D eigenvalue weighted by molar-refractivity contribution is 6.14. The van der Waals surface area contributed by atoms with Crippen LogP contribution in [0.4, 0.5) is 17.1 Å². The number of hydrogen-bond donors (Lipinski definition) is 0. The third kappa shape index (κ3) is 4.65. The highest BCUT2D eigenvalue weighted by Gasteiger charge is 2.39.